The number of carbonyl (C=O) groups is 3. The van der Waals surface area contributed by atoms with E-state index in [2.05, 4.69) is 17.5 Å². The van der Waals surface area contributed by atoms with Crippen molar-refractivity contribution in [2.24, 2.45) is 17.8 Å². The highest BCUT2D eigenvalue weighted by Gasteiger charge is 2.40. The van der Waals surface area contributed by atoms with Crippen LogP contribution >= 0.6 is 0 Å². The van der Waals surface area contributed by atoms with Crippen LogP contribution in [-0.2, 0) is 4.79 Å². The number of benzene rings is 1. The summed E-state index contributed by atoms with van der Waals surface area (Å²) < 4.78 is 0. The maximum atomic E-state index is 12.4. The average Bonchev–Trinajstić information content (AvgIpc) is 3.19. The number of nitrogens with zero attached hydrogens (tertiary/aromatic N) is 1. The molecule has 3 unspecified atom stereocenters. The van der Waals surface area contributed by atoms with Crippen molar-refractivity contribution in [2.75, 3.05) is 12.4 Å². The number of amides is 3. The van der Waals surface area contributed by atoms with Crippen LogP contribution in [0.25, 0.3) is 0 Å². The van der Waals surface area contributed by atoms with Gasteiger partial charge in [-0.3, -0.25) is 19.3 Å². The molecule has 1 saturated carbocycles. The molecule has 2 aliphatic carbocycles. The maximum Gasteiger partial charge on any atom is 0.261 e. The summed E-state index contributed by atoms with van der Waals surface area (Å²) in [5, 5.41) is 2.89. The van der Waals surface area contributed by atoms with Gasteiger partial charge in [0.25, 0.3) is 11.8 Å². The van der Waals surface area contributed by atoms with E-state index in [1.807, 2.05) is 0 Å². The number of imide groups is 1. The van der Waals surface area contributed by atoms with E-state index in [1.165, 1.54) is 7.05 Å². The third-order valence-electron chi connectivity index (χ3n) is 4.97. The predicted octanol–water partition coefficient (Wildman–Crippen LogP) is 2.06. The average molecular weight is 296 g/mol. The summed E-state index contributed by atoms with van der Waals surface area (Å²) in [6.45, 7) is 0. The molecule has 3 amide bonds. The lowest BCUT2D eigenvalue weighted by atomic mass is 9.92. The second-order valence-corrected chi connectivity index (χ2v) is 6.31. The van der Waals surface area contributed by atoms with Crippen molar-refractivity contribution in [1.29, 1.82) is 0 Å². The third kappa shape index (κ3) is 1.81. The van der Waals surface area contributed by atoms with Crippen molar-refractivity contribution in [1.82, 2.24) is 4.90 Å². The van der Waals surface area contributed by atoms with Crippen molar-refractivity contribution < 1.29 is 14.4 Å². The fourth-order valence-electron chi connectivity index (χ4n) is 3.76. The van der Waals surface area contributed by atoms with Crippen molar-refractivity contribution >= 4 is 23.4 Å². The lowest BCUT2D eigenvalue weighted by Gasteiger charge is -2.17. The van der Waals surface area contributed by atoms with Gasteiger partial charge >= 0.3 is 0 Å². The molecule has 5 nitrogen and oxygen atoms in total. The second-order valence-electron chi connectivity index (χ2n) is 6.31. The fraction of sp³-hybridized carbons (Fsp3) is 0.353. The number of hydrogen-bond donors (Lipinski definition) is 1. The van der Waals surface area contributed by atoms with Crippen molar-refractivity contribution in [3.63, 3.8) is 0 Å². The standard InChI is InChI=1S/C17H16N2O3/c1-19-16(21)12-5-4-11(8-14(12)17(19)22)18-15(20)13-7-9-2-3-10(13)6-9/h2-5,8-10,13H,6-7H2,1H3,(H,18,20). The van der Waals surface area contributed by atoms with Crippen LogP contribution in [-0.4, -0.2) is 29.7 Å². The molecule has 22 heavy (non-hydrogen) atoms. The third-order valence-corrected chi connectivity index (χ3v) is 4.97. The number of anilines is 1. The van der Waals surface area contributed by atoms with E-state index in [0.29, 0.717) is 28.7 Å². The second kappa shape index (κ2) is 4.53. The molecule has 1 aromatic rings. The molecule has 1 N–H and O–H groups in total. The molecule has 112 valence electrons. The predicted molar refractivity (Wildman–Crippen MR) is 80.3 cm³/mol. The molecule has 2 bridgehead atoms. The van der Waals surface area contributed by atoms with E-state index in [4.69, 9.17) is 0 Å². The Kier molecular flexibility index (Phi) is 2.73. The van der Waals surface area contributed by atoms with Crippen LogP contribution in [0, 0.1) is 17.8 Å². The SMILES string of the molecule is CN1C(=O)c2ccc(NC(=O)C3CC4C=CC3C4)cc2C1=O. The highest BCUT2D eigenvalue weighted by Crippen LogP contribution is 2.43. The van der Waals surface area contributed by atoms with E-state index in [-0.39, 0.29) is 23.6 Å². The first kappa shape index (κ1) is 13.2. The van der Waals surface area contributed by atoms with Gasteiger partial charge in [0.15, 0.2) is 0 Å². The first-order valence-corrected chi connectivity index (χ1v) is 7.50. The summed E-state index contributed by atoms with van der Waals surface area (Å²) in [7, 11) is 1.46. The van der Waals surface area contributed by atoms with Gasteiger partial charge in [-0.1, -0.05) is 12.2 Å². The summed E-state index contributed by atoms with van der Waals surface area (Å²) in [5.74, 6) is 0.280. The lowest BCUT2D eigenvalue weighted by Crippen LogP contribution is -2.26. The largest absolute Gasteiger partial charge is 0.326 e. The Labute approximate surface area is 128 Å². The Morgan fingerprint density at radius 1 is 1.14 bits per heavy atom. The molecular weight excluding hydrogens is 280 g/mol. The van der Waals surface area contributed by atoms with Gasteiger partial charge in [-0.2, -0.15) is 0 Å². The molecular formula is C17H16N2O3. The van der Waals surface area contributed by atoms with Crippen LogP contribution in [0.1, 0.15) is 33.6 Å². The minimum Gasteiger partial charge on any atom is -0.326 e. The van der Waals surface area contributed by atoms with Crippen LogP contribution in [0.3, 0.4) is 0 Å². The van der Waals surface area contributed by atoms with Gasteiger partial charge in [-0.25, -0.2) is 0 Å². The fourth-order valence-corrected chi connectivity index (χ4v) is 3.76. The number of allylic oxidation sites excluding steroid dienone is 2. The molecule has 3 atom stereocenters. The highest BCUT2D eigenvalue weighted by atomic mass is 16.2. The van der Waals surface area contributed by atoms with Crippen LogP contribution in [0.2, 0.25) is 0 Å². The van der Waals surface area contributed by atoms with Crippen molar-refractivity contribution in [2.45, 2.75) is 12.8 Å². The summed E-state index contributed by atoms with van der Waals surface area (Å²) in [5.41, 5.74) is 1.33. The molecule has 0 spiro atoms. The van der Waals surface area contributed by atoms with Gasteiger partial charge in [0.05, 0.1) is 11.1 Å². The summed E-state index contributed by atoms with van der Waals surface area (Å²) in [4.78, 5) is 37.3. The molecule has 3 aliphatic rings. The Morgan fingerprint density at radius 3 is 2.59 bits per heavy atom. The number of hydrogen-bond acceptors (Lipinski definition) is 3. The Bertz CT molecular complexity index is 737. The van der Waals surface area contributed by atoms with E-state index in [0.717, 1.165) is 17.7 Å². The minimum atomic E-state index is -0.320. The normalized spacial score (nSPS) is 28.4. The number of rotatable bonds is 2. The zero-order valence-corrected chi connectivity index (χ0v) is 12.2. The van der Waals surface area contributed by atoms with Gasteiger partial charge in [-0.15, -0.1) is 0 Å². The molecule has 1 fully saturated rings. The lowest BCUT2D eigenvalue weighted by molar-refractivity contribution is -0.120. The van der Waals surface area contributed by atoms with Gasteiger partial charge in [0, 0.05) is 18.7 Å². The number of carbonyl (C=O) groups excluding carboxylic acids is 3. The van der Waals surface area contributed by atoms with Crippen LogP contribution < -0.4 is 5.32 Å². The van der Waals surface area contributed by atoms with E-state index >= 15 is 0 Å². The zero-order valence-electron chi connectivity index (χ0n) is 12.2. The van der Waals surface area contributed by atoms with Crippen molar-refractivity contribution in [3.8, 4) is 0 Å². The molecule has 5 heteroatoms. The first-order chi connectivity index (χ1) is 10.5. The van der Waals surface area contributed by atoms with E-state index in [1.54, 1.807) is 18.2 Å². The molecule has 0 radical (unpaired) electrons. The highest BCUT2D eigenvalue weighted by molar-refractivity contribution is 6.21. The number of fused-ring (bicyclic) bond motifs is 3. The monoisotopic (exact) mass is 296 g/mol. The maximum absolute atomic E-state index is 12.4. The van der Waals surface area contributed by atoms with Gasteiger partial charge in [-0.05, 0) is 42.9 Å². The Balaban J connectivity index is 1.55. The summed E-state index contributed by atoms with van der Waals surface area (Å²) >= 11 is 0. The van der Waals surface area contributed by atoms with Gasteiger partial charge < -0.3 is 5.32 Å². The topological polar surface area (TPSA) is 66.5 Å². The smallest absolute Gasteiger partial charge is 0.261 e. The first-order valence-electron chi connectivity index (χ1n) is 7.50. The zero-order chi connectivity index (χ0) is 15.4. The summed E-state index contributed by atoms with van der Waals surface area (Å²) in [6.07, 6.45) is 6.31. The Morgan fingerprint density at radius 2 is 1.91 bits per heavy atom. The van der Waals surface area contributed by atoms with Crippen LogP contribution in [0.5, 0.6) is 0 Å². The van der Waals surface area contributed by atoms with Gasteiger partial charge in [0.1, 0.15) is 0 Å². The van der Waals surface area contributed by atoms with E-state index in [9.17, 15) is 14.4 Å². The van der Waals surface area contributed by atoms with Gasteiger partial charge in [0.2, 0.25) is 5.91 Å². The molecule has 4 rings (SSSR count). The molecule has 0 saturated heterocycles. The van der Waals surface area contributed by atoms with E-state index < -0.39 is 0 Å². The summed E-state index contributed by atoms with van der Waals surface area (Å²) in [6, 6.07) is 4.89. The number of nitrogens with one attached hydrogen (secondary N) is 1. The van der Waals surface area contributed by atoms with Crippen molar-refractivity contribution in [3.05, 3.63) is 41.5 Å². The molecule has 1 aliphatic heterocycles. The van der Waals surface area contributed by atoms with Crippen LogP contribution in [0.15, 0.2) is 30.4 Å². The molecule has 0 aromatic heterocycles. The minimum absolute atomic E-state index is 0.00178. The quantitative estimate of drug-likeness (QED) is 0.671. The molecule has 1 aromatic carbocycles. The molecule has 1 heterocycles. The Hall–Kier alpha value is -2.43. The van der Waals surface area contributed by atoms with Crippen LogP contribution in [0.4, 0.5) is 5.69 Å².